The molecule has 2 N–H and O–H groups in total. The van der Waals surface area contributed by atoms with Gasteiger partial charge in [-0.25, -0.2) is 4.98 Å². The van der Waals surface area contributed by atoms with Gasteiger partial charge in [0.1, 0.15) is 5.52 Å². The van der Waals surface area contributed by atoms with Crippen LogP contribution >= 0.6 is 11.6 Å². The number of pyridine rings is 1. The Kier molecular flexibility index (Phi) is 5.15. The minimum Gasteiger partial charge on any atom is -0.368 e. The van der Waals surface area contributed by atoms with Crippen molar-refractivity contribution in [2.75, 3.05) is 5.73 Å². The Morgan fingerprint density at radius 1 is 1.09 bits per heavy atom. The van der Waals surface area contributed by atoms with Crippen LogP contribution < -0.4 is 5.73 Å². The number of hydrogen-bond donors (Lipinski definition) is 1. The minimum absolute atomic E-state index is 0.138. The molecule has 0 aliphatic carbocycles. The highest BCUT2D eigenvalue weighted by Crippen LogP contribution is 2.21. The number of nitrogens with zero attached hydrogens (tertiary/aromatic N) is 5. The lowest BCUT2D eigenvalue weighted by molar-refractivity contribution is 0.778. The second-order valence-corrected chi connectivity index (χ2v) is 5.41. The molecular formula is C16H21ClN6. The maximum absolute atomic E-state index is 6.03. The van der Waals surface area contributed by atoms with E-state index in [4.69, 9.17) is 17.3 Å². The molecule has 3 aromatic heterocycles. The van der Waals surface area contributed by atoms with Crippen molar-refractivity contribution in [3.05, 3.63) is 40.1 Å². The van der Waals surface area contributed by atoms with Crippen LogP contribution in [0.1, 0.15) is 36.2 Å². The van der Waals surface area contributed by atoms with E-state index in [1.807, 2.05) is 24.6 Å². The van der Waals surface area contributed by atoms with Crippen molar-refractivity contribution in [2.24, 2.45) is 0 Å². The number of rotatable bonds is 2. The SMILES string of the molecule is CC.Cc1cnc(Cn2cnc3c(Cl)nc(N)nc32)c(C)c1C. The highest BCUT2D eigenvalue weighted by atomic mass is 35.5. The summed E-state index contributed by atoms with van der Waals surface area (Å²) in [5.41, 5.74) is 11.4. The molecule has 23 heavy (non-hydrogen) atoms. The molecule has 0 radical (unpaired) electrons. The van der Waals surface area contributed by atoms with Gasteiger partial charge in [0, 0.05) is 6.20 Å². The maximum atomic E-state index is 6.03. The number of aryl methyl sites for hydroxylation is 1. The molecule has 0 amide bonds. The molecule has 122 valence electrons. The summed E-state index contributed by atoms with van der Waals surface area (Å²) < 4.78 is 1.88. The monoisotopic (exact) mass is 332 g/mol. The fourth-order valence-electron chi connectivity index (χ4n) is 2.24. The summed E-state index contributed by atoms with van der Waals surface area (Å²) in [5, 5.41) is 0.265. The zero-order valence-electron chi connectivity index (χ0n) is 14.1. The molecule has 0 saturated carbocycles. The van der Waals surface area contributed by atoms with E-state index in [1.165, 1.54) is 16.7 Å². The quantitative estimate of drug-likeness (QED) is 0.727. The van der Waals surface area contributed by atoms with E-state index in [0.717, 1.165) is 5.69 Å². The Morgan fingerprint density at radius 2 is 1.78 bits per heavy atom. The lowest BCUT2D eigenvalue weighted by atomic mass is 10.0. The fraction of sp³-hybridized carbons (Fsp3) is 0.375. The summed E-state index contributed by atoms with van der Waals surface area (Å²) >= 11 is 6.03. The number of aromatic nitrogens is 5. The molecular weight excluding hydrogens is 312 g/mol. The third-order valence-electron chi connectivity index (χ3n) is 3.76. The smallest absolute Gasteiger partial charge is 0.223 e. The average Bonchev–Trinajstić information content (AvgIpc) is 2.93. The molecule has 0 aromatic carbocycles. The number of nitrogens with two attached hydrogens (primary N) is 1. The normalized spacial score (nSPS) is 10.5. The maximum Gasteiger partial charge on any atom is 0.223 e. The second kappa shape index (κ2) is 6.91. The standard InChI is InChI=1S/C14H15ClN6.C2H6/c1-7-4-17-10(9(3)8(7)2)5-21-6-18-11-12(15)19-14(16)20-13(11)21;1-2/h4,6H,5H2,1-3H3,(H2,16,19,20);1-2H3. The van der Waals surface area contributed by atoms with E-state index in [9.17, 15) is 0 Å². The van der Waals surface area contributed by atoms with E-state index in [-0.39, 0.29) is 11.1 Å². The molecule has 0 unspecified atom stereocenters. The van der Waals surface area contributed by atoms with Gasteiger partial charge >= 0.3 is 0 Å². The van der Waals surface area contributed by atoms with Crippen molar-refractivity contribution in [3.63, 3.8) is 0 Å². The van der Waals surface area contributed by atoms with E-state index >= 15 is 0 Å². The van der Waals surface area contributed by atoms with Crippen LogP contribution in [0.15, 0.2) is 12.5 Å². The van der Waals surface area contributed by atoms with Crippen LogP contribution in [0.5, 0.6) is 0 Å². The van der Waals surface area contributed by atoms with Crippen molar-refractivity contribution in [2.45, 2.75) is 41.2 Å². The van der Waals surface area contributed by atoms with E-state index in [1.54, 1.807) is 6.33 Å². The van der Waals surface area contributed by atoms with Crippen molar-refractivity contribution < 1.29 is 0 Å². The zero-order valence-corrected chi connectivity index (χ0v) is 14.8. The second-order valence-electron chi connectivity index (χ2n) is 5.06. The Balaban J connectivity index is 0.000000924. The van der Waals surface area contributed by atoms with Crippen LogP contribution in [0.2, 0.25) is 5.15 Å². The van der Waals surface area contributed by atoms with Crippen molar-refractivity contribution in [1.82, 2.24) is 24.5 Å². The van der Waals surface area contributed by atoms with Crippen LogP contribution in [0.4, 0.5) is 5.95 Å². The van der Waals surface area contributed by atoms with E-state index in [0.29, 0.717) is 17.7 Å². The summed E-state index contributed by atoms with van der Waals surface area (Å²) in [5.74, 6) is 0.138. The van der Waals surface area contributed by atoms with Gasteiger partial charge in [-0.3, -0.25) is 4.98 Å². The summed E-state index contributed by atoms with van der Waals surface area (Å²) in [4.78, 5) is 16.9. The molecule has 0 atom stereocenters. The molecule has 6 nitrogen and oxygen atoms in total. The molecule has 0 fully saturated rings. The van der Waals surface area contributed by atoms with Gasteiger partial charge < -0.3 is 10.3 Å². The molecule has 0 aliphatic heterocycles. The Bertz CT molecular complexity index is 840. The number of imidazole rings is 1. The van der Waals surface area contributed by atoms with E-state index in [2.05, 4.69) is 40.7 Å². The third-order valence-corrected chi connectivity index (χ3v) is 4.02. The Morgan fingerprint density at radius 3 is 2.48 bits per heavy atom. The molecule has 0 bridgehead atoms. The summed E-state index contributed by atoms with van der Waals surface area (Å²) in [6, 6.07) is 0. The lowest BCUT2D eigenvalue weighted by Gasteiger charge is -2.11. The van der Waals surface area contributed by atoms with Gasteiger partial charge in [-0.05, 0) is 37.5 Å². The average molecular weight is 333 g/mol. The molecule has 0 spiro atoms. The first-order valence-corrected chi connectivity index (χ1v) is 7.90. The predicted octanol–water partition coefficient (Wildman–Crippen LogP) is 3.46. The Labute approximate surface area is 140 Å². The largest absolute Gasteiger partial charge is 0.368 e. The Hall–Kier alpha value is -2.21. The van der Waals surface area contributed by atoms with Gasteiger partial charge in [0.2, 0.25) is 5.95 Å². The third kappa shape index (κ3) is 3.27. The van der Waals surface area contributed by atoms with Crippen LogP contribution in [0.25, 0.3) is 11.2 Å². The number of hydrogen-bond acceptors (Lipinski definition) is 5. The molecule has 0 saturated heterocycles. The van der Waals surface area contributed by atoms with Crippen molar-refractivity contribution in [1.29, 1.82) is 0 Å². The first kappa shape index (κ1) is 17.1. The molecule has 7 heteroatoms. The van der Waals surface area contributed by atoms with Crippen LogP contribution in [0.3, 0.4) is 0 Å². The van der Waals surface area contributed by atoms with Gasteiger partial charge in [-0.2, -0.15) is 9.97 Å². The topological polar surface area (TPSA) is 82.5 Å². The van der Waals surface area contributed by atoms with Crippen LogP contribution in [-0.2, 0) is 6.54 Å². The summed E-state index contributed by atoms with van der Waals surface area (Å²) in [6.45, 7) is 10.8. The highest BCUT2D eigenvalue weighted by molar-refractivity contribution is 6.33. The summed E-state index contributed by atoms with van der Waals surface area (Å²) in [6.07, 6.45) is 3.56. The van der Waals surface area contributed by atoms with Gasteiger partial charge in [0.05, 0.1) is 18.6 Å². The zero-order chi connectivity index (χ0) is 17.1. The first-order chi connectivity index (χ1) is 11.0. The fourth-order valence-corrected chi connectivity index (χ4v) is 2.46. The first-order valence-electron chi connectivity index (χ1n) is 7.53. The lowest BCUT2D eigenvalue weighted by Crippen LogP contribution is -2.06. The van der Waals surface area contributed by atoms with Crippen LogP contribution in [0, 0.1) is 20.8 Å². The van der Waals surface area contributed by atoms with Gasteiger partial charge in [0.15, 0.2) is 10.8 Å². The number of anilines is 1. The molecule has 3 rings (SSSR count). The molecule has 3 heterocycles. The highest BCUT2D eigenvalue weighted by Gasteiger charge is 2.13. The molecule has 3 aromatic rings. The number of nitrogen functional groups attached to an aromatic ring is 1. The van der Waals surface area contributed by atoms with Crippen LogP contribution in [-0.4, -0.2) is 24.5 Å². The predicted molar refractivity (Wildman–Crippen MR) is 93.6 cm³/mol. The van der Waals surface area contributed by atoms with Crippen molar-refractivity contribution >= 4 is 28.7 Å². The minimum atomic E-state index is 0.138. The number of halogens is 1. The van der Waals surface area contributed by atoms with Crippen molar-refractivity contribution in [3.8, 4) is 0 Å². The number of fused-ring (bicyclic) bond motifs is 1. The molecule has 0 aliphatic rings. The van der Waals surface area contributed by atoms with Gasteiger partial charge in [-0.15, -0.1) is 0 Å². The van der Waals surface area contributed by atoms with Gasteiger partial charge in [-0.1, -0.05) is 25.4 Å². The van der Waals surface area contributed by atoms with E-state index < -0.39 is 0 Å². The van der Waals surface area contributed by atoms with Gasteiger partial charge in [0.25, 0.3) is 0 Å². The summed E-state index contributed by atoms with van der Waals surface area (Å²) in [7, 11) is 0.